The highest BCUT2D eigenvalue weighted by Crippen LogP contribution is 2.42. The third-order valence-corrected chi connectivity index (χ3v) is 7.96. The number of hydrazine groups is 1. The molecule has 1 spiro atoms. The number of hydrogen-bond donors (Lipinski definition) is 4. The molecule has 10 heteroatoms. The summed E-state index contributed by atoms with van der Waals surface area (Å²) in [5.41, 5.74) is 13.6. The molecule has 0 bridgehead atoms. The maximum Gasteiger partial charge on any atom is 0.232 e. The molecule has 4 aliphatic heterocycles. The maximum absolute atomic E-state index is 14.3. The van der Waals surface area contributed by atoms with Crippen LogP contribution in [-0.4, -0.2) is 74.2 Å². The molecule has 5 N–H and O–H groups in total. The zero-order valence-corrected chi connectivity index (χ0v) is 18.8. The third-order valence-electron chi connectivity index (χ3n) is 7.96. The van der Waals surface area contributed by atoms with Crippen molar-refractivity contribution in [3.8, 4) is 5.75 Å². The quantitative estimate of drug-likeness (QED) is 0.516. The number of nitrogens with two attached hydrogens (primary N) is 1. The normalized spacial score (nSPS) is 37.2. The number of halogens is 1. The number of carbonyl (C=O) groups excluding carboxylic acids is 1. The number of piperidine rings is 1. The van der Waals surface area contributed by atoms with Crippen molar-refractivity contribution >= 4 is 5.91 Å². The molecule has 1 aromatic carbocycles. The van der Waals surface area contributed by atoms with Crippen LogP contribution in [-0.2, 0) is 9.53 Å². The van der Waals surface area contributed by atoms with E-state index in [1.807, 2.05) is 14.0 Å². The van der Waals surface area contributed by atoms with Crippen LogP contribution in [0, 0.1) is 17.2 Å². The van der Waals surface area contributed by atoms with Gasteiger partial charge in [-0.2, -0.15) is 0 Å². The molecule has 4 fully saturated rings. The Bertz CT molecular complexity index is 879. The summed E-state index contributed by atoms with van der Waals surface area (Å²) in [6.45, 7) is 4.45. The van der Waals surface area contributed by atoms with Crippen LogP contribution < -0.4 is 26.6 Å². The lowest BCUT2D eigenvalue weighted by Crippen LogP contribution is -2.70. The monoisotopic (exact) mass is 448 g/mol. The van der Waals surface area contributed by atoms with E-state index in [-0.39, 0.29) is 47.7 Å². The molecule has 32 heavy (non-hydrogen) atoms. The second-order valence-corrected chi connectivity index (χ2v) is 9.59. The summed E-state index contributed by atoms with van der Waals surface area (Å²) < 4.78 is 25.1. The Morgan fingerprint density at radius 2 is 2.03 bits per heavy atom. The number of carbonyl (C=O) groups is 1. The number of hydrogen-bond acceptors (Lipinski definition) is 8. The Hall–Kier alpha value is -1.82. The van der Waals surface area contributed by atoms with Crippen LogP contribution >= 0.6 is 0 Å². The van der Waals surface area contributed by atoms with Gasteiger partial charge in [-0.1, -0.05) is 6.07 Å². The minimum Gasteiger partial charge on any atom is -0.494 e. The van der Waals surface area contributed by atoms with Crippen molar-refractivity contribution in [3.63, 3.8) is 0 Å². The van der Waals surface area contributed by atoms with Gasteiger partial charge in [-0.05, 0) is 37.5 Å². The topological polar surface area (TPSA) is 104 Å². The smallest absolute Gasteiger partial charge is 0.232 e. The summed E-state index contributed by atoms with van der Waals surface area (Å²) >= 11 is 0. The summed E-state index contributed by atoms with van der Waals surface area (Å²) in [4.78, 5) is 17.5. The Balaban J connectivity index is 1.28. The predicted octanol–water partition coefficient (Wildman–Crippen LogP) is 0.0989. The molecule has 0 saturated carbocycles. The fraction of sp³-hybridized carbons (Fsp3) is 0.682. The molecular formula is C22H33FN6O3. The van der Waals surface area contributed by atoms with Gasteiger partial charge in [0, 0.05) is 31.6 Å². The van der Waals surface area contributed by atoms with Gasteiger partial charge >= 0.3 is 0 Å². The van der Waals surface area contributed by atoms with Crippen LogP contribution in [0.3, 0.4) is 0 Å². The van der Waals surface area contributed by atoms with Gasteiger partial charge in [0.05, 0.1) is 37.9 Å². The van der Waals surface area contributed by atoms with Crippen molar-refractivity contribution in [1.29, 1.82) is 0 Å². The molecule has 4 heterocycles. The molecule has 9 nitrogen and oxygen atoms in total. The van der Waals surface area contributed by atoms with Gasteiger partial charge in [-0.25, -0.2) is 15.2 Å². The van der Waals surface area contributed by atoms with E-state index in [0.717, 1.165) is 25.9 Å². The SMILES string of the molecule is COc1ccc(C2NNC3NC(N4CCC5(CC4)CO[C@@H](C)[C@H]5N)N(C)C(=O)C32)cc1F. The van der Waals surface area contributed by atoms with E-state index in [1.54, 1.807) is 17.0 Å². The molecule has 4 saturated heterocycles. The molecule has 5 rings (SSSR count). The highest BCUT2D eigenvalue weighted by atomic mass is 19.1. The lowest BCUT2D eigenvalue weighted by atomic mass is 9.73. The van der Waals surface area contributed by atoms with Gasteiger partial charge in [-0.15, -0.1) is 0 Å². The van der Waals surface area contributed by atoms with Crippen molar-refractivity contribution in [2.24, 2.45) is 17.1 Å². The highest BCUT2D eigenvalue weighted by molar-refractivity contribution is 5.82. The lowest BCUT2D eigenvalue weighted by molar-refractivity contribution is -0.151. The summed E-state index contributed by atoms with van der Waals surface area (Å²) in [5.74, 6) is -0.625. The first-order valence-corrected chi connectivity index (χ1v) is 11.3. The molecule has 4 unspecified atom stereocenters. The zero-order valence-electron chi connectivity index (χ0n) is 18.8. The number of nitrogens with zero attached hydrogens (tertiary/aromatic N) is 2. The number of nitrogens with one attached hydrogen (secondary N) is 3. The number of ether oxygens (including phenoxy) is 2. The molecule has 6 atom stereocenters. The molecule has 0 radical (unpaired) electrons. The van der Waals surface area contributed by atoms with Crippen molar-refractivity contribution in [1.82, 2.24) is 26.0 Å². The fourth-order valence-electron chi connectivity index (χ4n) is 5.81. The Kier molecular flexibility index (Phi) is 5.63. The number of fused-ring (bicyclic) bond motifs is 1. The summed E-state index contributed by atoms with van der Waals surface area (Å²) in [6, 6.07) is 4.52. The summed E-state index contributed by atoms with van der Waals surface area (Å²) in [6.07, 6.45) is 1.52. The van der Waals surface area contributed by atoms with Gasteiger partial charge in [0.25, 0.3) is 0 Å². The number of likely N-dealkylation sites (tertiary alicyclic amines) is 1. The molecule has 176 valence electrons. The van der Waals surface area contributed by atoms with E-state index in [9.17, 15) is 9.18 Å². The van der Waals surface area contributed by atoms with E-state index in [0.29, 0.717) is 12.2 Å². The third kappa shape index (κ3) is 3.41. The van der Waals surface area contributed by atoms with E-state index in [4.69, 9.17) is 15.2 Å². The highest BCUT2D eigenvalue weighted by Gasteiger charge is 2.52. The number of methoxy groups -OCH3 is 1. The Morgan fingerprint density at radius 3 is 2.66 bits per heavy atom. The van der Waals surface area contributed by atoms with E-state index in [2.05, 4.69) is 21.1 Å². The number of rotatable bonds is 3. The Labute approximate surface area is 187 Å². The average molecular weight is 449 g/mol. The first-order chi connectivity index (χ1) is 15.3. The van der Waals surface area contributed by atoms with Crippen LogP contribution in [0.15, 0.2) is 18.2 Å². The minimum atomic E-state index is -0.441. The van der Waals surface area contributed by atoms with Crippen LogP contribution in [0.5, 0.6) is 5.75 Å². The minimum absolute atomic E-state index is 0.0206. The largest absolute Gasteiger partial charge is 0.494 e. The summed E-state index contributed by atoms with van der Waals surface area (Å²) in [5, 5.41) is 3.58. The second-order valence-electron chi connectivity index (χ2n) is 9.59. The van der Waals surface area contributed by atoms with Gasteiger partial charge < -0.3 is 20.1 Å². The van der Waals surface area contributed by atoms with E-state index < -0.39 is 11.7 Å². The van der Waals surface area contributed by atoms with Crippen LogP contribution in [0.1, 0.15) is 31.4 Å². The van der Waals surface area contributed by atoms with E-state index in [1.165, 1.54) is 13.2 Å². The number of amides is 1. The first kappa shape index (κ1) is 22.0. The van der Waals surface area contributed by atoms with E-state index >= 15 is 0 Å². The van der Waals surface area contributed by atoms with Gasteiger partial charge in [0.15, 0.2) is 11.6 Å². The molecule has 1 amide bonds. The fourth-order valence-corrected chi connectivity index (χ4v) is 5.81. The second kappa shape index (κ2) is 8.19. The first-order valence-electron chi connectivity index (χ1n) is 11.3. The van der Waals surface area contributed by atoms with Crippen molar-refractivity contribution in [3.05, 3.63) is 29.6 Å². The molecule has 4 aliphatic rings. The van der Waals surface area contributed by atoms with Gasteiger partial charge in [-0.3, -0.25) is 15.0 Å². The summed E-state index contributed by atoms with van der Waals surface area (Å²) in [7, 11) is 3.26. The average Bonchev–Trinajstić information content (AvgIpc) is 3.34. The van der Waals surface area contributed by atoms with Crippen LogP contribution in [0.2, 0.25) is 0 Å². The molecular weight excluding hydrogens is 415 g/mol. The van der Waals surface area contributed by atoms with Crippen molar-refractivity contribution in [2.45, 2.75) is 50.4 Å². The van der Waals surface area contributed by atoms with Crippen LogP contribution in [0.4, 0.5) is 4.39 Å². The molecule has 0 aliphatic carbocycles. The molecule has 0 aromatic heterocycles. The van der Waals surface area contributed by atoms with Gasteiger partial charge in [0.1, 0.15) is 6.29 Å². The van der Waals surface area contributed by atoms with Crippen molar-refractivity contribution in [2.75, 3.05) is 33.9 Å². The maximum atomic E-state index is 14.3. The van der Waals surface area contributed by atoms with Gasteiger partial charge in [0.2, 0.25) is 5.91 Å². The van der Waals surface area contributed by atoms with Crippen molar-refractivity contribution < 1.29 is 18.7 Å². The lowest BCUT2D eigenvalue weighted by Gasteiger charge is -2.49. The van der Waals surface area contributed by atoms with Crippen LogP contribution in [0.25, 0.3) is 0 Å². The number of benzene rings is 1. The zero-order chi connectivity index (χ0) is 22.6. The molecule has 1 aromatic rings. The Morgan fingerprint density at radius 1 is 1.28 bits per heavy atom. The predicted molar refractivity (Wildman–Crippen MR) is 116 cm³/mol. The standard InChI is InChI=1S/C22H33FN6O3/c1-12-18(24)22(11-32-12)6-8-29(9-7-22)21-25-19-16(20(30)28(21)2)17(26-27-19)13-4-5-15(31-3)14(23)10-13/h4-5,10,12,16-19,21,25-27H,6-9,11,24H2,1-3H3/t12-,16?,17?,18+,19?,21?/m0/s1.